The number of hydrogen-bond donors (Lipinski definition) is 3. The summed E-state index contributed by atoms with van der Waals surface area (Å²) in [4.78, 5) is 34.6. The first-order chi connectivity index (χ1) is 12.8. The van der Waals surface area contributed by atoms with Crippen LogP contribution in [0, 0.1) is 5.92 Å². The number of methoxy groups -OCH3 is 2. The summed E-state index contributed by atoms with van der Waals surface area (Å²) >= 11 is 0. The van der Waals surface area contributed by atoms with Crippen LogP contribution < -0.4 is 25.3 Å². The van der Waals surface area contributed by atoms with Gasteiger partial charge in [0.25, 0.3) is 11.8 Å². The molecule has 0 heterocycles. The van der Waals surface area contributed by atoms with E-state index in [1.165, 1.54) is 26.4 Å². The molecule has 1 aliphatic rings. The quantitative estimate of drug-likeness (QED) is 0.610. The van der Waals surface area contributed by atoms with Crippen molar-refractivity contribution in [1.29, 1.82) is 0 Å². The van der Waals surface area contributed by atoms with Crippen LogP contribution in [0.15, 0.2) is 12.1 Å². The van der Waals surface area contributed by atoms with Gasteiger partial charge < -0.3 is 30.4 Å². The molecule has 27 heavy (non-hydrogen) atoms. The molecule has 0 unspecified atom stereocenters. The molecule has 9 heteroatoms. The van der Waals surface area contributed by atoms with Crippen molar-refractivity contribution in [3.05, 3.63) is 17.7 Å². The number of carbonyl (C=O) groups is 3. The van der Waals surface area contributed by atoms with Crippen LogP contribution >= 0.6 is 0 Å². The van der Waals surface area contributed by atoms with E-state index in [9.17, 15) is 14.4 Å². The van der Waals surface area contributed by atoms with Crippen LogP contribution in [0.4, 0.5) is 0 Å². The SMILES string of the molecule is COc1cc(C(=O)NC2CCC(C(=O)O)CC2)cc(OC)c1OCC(N)=O. The van der Waals surface area contributed by atoms with Crippen LogP contribution in [0.3, 0.4) is 0 Å². The highest BCUT2D eigenvalue weighted by Gasteiger charge is 2.27. The number of benzene rings is 1. The lowest BCUT2D eigenvalue weighted by atomic mass is 9.86. The number of rotatable bonds is 8. The number of hydrogen-bond acceptors (Lipinski definition) is 6. The lowest BCUT2D eigenvalue weighted by molar-refractivity contribution is -0.142. The third-order valence-electron chi connectivity index (χ3n) is 4.49. The van der Waals surface area contributed by atoms with Crippen molar-refractivity contribution in [3.63, 3.8) is 0 Å². The smallest absolute Gasteiger partial charge is 0.306 e. The van der Waals surface area contributed by atoms with Gasteiger partial charge in [-0.1, -0.05) is 0 Å². The summed E-state index contributed by atoms with van der Waals surface area (Å²) in [7, 11) is 2.81. The Morgan fingerprint density at radius 2 is 1.67 bits per heavy atom. The fourth-order valence-electron chi connectivity index (χ4n) is 3.05. The van der Waals surface area contributed by atoms with Crippen LogP contribution in [0.25, 0.3) is 0 Å². The Balaban J connectivity index is 2.12. The maximum absolute atomic E-state index is 12.6. The van der Waals surface area contributed by atoms with Crippen LogP contribution in [-0.2, 0) is 9.59 Å². The molecule has 2 amide bonds. The van der Waals surface area contributed by atoms with Gasteiger partial charge in [-0.2, -0.15) is 0 Å². The zero-order valence-electron chi connectivity index (χ0n) is 15.3. The average molecular weight is 380 g/mol. The van der Waals surface area contributed by atoms with E-state index >= 15 is 0 Å². The lowest BCUT2D eigenvalue weighted by Gasteiger charge is -2.27. The van der Waals surface area contributed by atoms with E-state index in [0.717, 1.165) is 0 Å². The molecule has 1 fully saturated rings. The second-order valence-corrected chi connectivity index (χ2v) is 6.33. The van der Waals surface area contributed by atoms with Crippen LogP contribution in [0.5, 0.6) is 17.2 Å². The molecule has 0 aromatic heterocycles. The largest absolute Gasteiger partial charge is 0.493 e. The zero-order chi connectivity index (χ0) is 20.0. The number of nitrogens with two attached hydrogens (primary N) is 1. The number of carboxylic acid groups (broad SMARTS) is 1. The summed E-state index contributed by atoms with van der Waals surface area (Å²) in [6.45, 7) is -0.356. The Hall–Kier alpha value is -2.97. The summed E-state index contributed by atoms with van der Waals surface area (Å²) in [6, 6.07) is 2.88. The van der Waals surface area contributed by atoms with Crippen molar-refractivity contribution >= 4 is 17.8 Å². The normalized spacial score (nSPS) is 19.0. The standard InChI is InChI=1S/C18H24N2O7/c1-25-13-7-11(8-14(26-2)16(13)27-9-15(19)21)17(22)20-12-5-3-10(4-6-12)18(23)24/h7-8,10,12H,3-6,9H2,1-2H3,(H2,19,21)(H,20,22)(H,23,24). The molecular weight excluding hydrogens is 356 g/mol. The van der Waals surface area contributed by atoms with Gasteiger partial charge >= 0.3 is 5.97 Å². The van der Waals surface area contributed by atoms with Crippen molar-refractivity contribution < 1.29 is 33.7 Å². The van der Waals surface area contributed by atoms with E-state index in [-0.39, 0.29) is 41.7 Å². The number of amides is 2. The van der Waals surface area contributed by atoms with Gasteiger partial charge in [0.05, 0.1) is 20.1 Å². The summed E-state index contributed by atoms with van der Waals surface area (Å²) in [5.74, 6) is -1.48. The van der Waals surface area contributed by atoms with Gasteiger partial charge in [0, 0.05) is 11.6 Å². The first-order valence-electron chi connectivity index (χ1n) is 8.56. The highest BCUT2D eigenvalue weighted by Crippen LogP contribution is 2.38. The zero-order valence-corrected chi connectivity index (χ0v) is 15.3. The Labute approximate surface area is 156 Å². The number of carboxylic acids is 1. The van der Waals surface area contributed by atoms with Gasteiger partial charge in [-0.3, -0.25) is 14.4 Å². The molecule has 2 rings (SSSR count). The third-order valence-corrected chi connectivity index (χ3v) is 4.49. The van der Waals surface area contributed by atoms with Gasteiger partial charge in [-0.15, -0.1) is 0 Å². The number of nitrogens with one attached hydrogen (secondary N) is 1. The van der Waals surface area contributed by atoms with Crippen LogP contribution in [-0.4, -0.2) is 49.8 Å². The Morgan fingerprint density at radius 3 is 2.11 bits per heavy atom. The molecule has 1 aromatic rings. The van der Waals surface area contributed by atoms with Crippen molar-refractivity contribution in [1.82, 2.24) is 5.32 Å². The highest BCUT2D eigenvalue weighted by molar-refractivity contribution is 5.96. The molecule has 0 saturated heterocycles. The van der Waals surface area contributed by atoms with Crippen molar-refractivity contribution in [2.45, 2.75) is 31.7 Å². The van der Waals surface area contributed by atoms with Crippen LogP contribution in [0.1, 0.15) is 36.0 Å². The van der Waals surface area contributed by atoms with E-state index in [4.69, 9.17) is 25.1 Å². The van der Waals surface area contributed by atoms with Gasteiger partial charge in [-0.05, 0) is 37.8 Å². The molecule has 1 aliphatic carbocycles. The second-order valence-electron chi connectivity index (χ2n) is 6.33. The second kappa shape index (κ2) is 9.11. The Kier molecular flexibility index (Phi) is 6.86. The summed E-state index contributed by atoms with van der Waals surface area (Å²) < 4.78 is 15.8. The van der Waals surface area contributed by atoms with Gasteiger partial charge in [0.2, 0.25) is 5.75 Å². The minimum absolute atomic E-state index is 0.0872. The molecule has 1 aromatic carbocycles. The summed E-state index contributed by atoms with van der Waals surface area (Å²) in [5, 5.41) is 12.0. The molecule has 148 valence electrons. The van der Waals surface area contributed by atoms with Gasteiger partial charge in [-0.25, -0.2) is 0 Å². The van der Waals surface area contributed by atoms with Crippen molar-refractivity contribution in [2.75, 3.05) is 20.8 Å². The molecule has 0 aliphatic heterocycles. The van der Waals surface area contributed by atoms with Gasteiger partial charge in [0.1, 0.15) is 0 Å². The Morgan fingerprint density at radius 1 is 1.11 bits per heavy atom. The molecule has 1 saturated carbocycles. The minimum Gasteiger partial charge on any atom is -0.493 e. The number of carbonyl (C=O) groups excluding carboxylic acids is 2. The monoisotopic (exact) mass is 380 g/mol. The van der Waals surface area contributed by atoms with E-state index in [1.54, 1.807) is 0 Å². The molecule has 0 bridgehead atoms. The molecule has 0 radical (unpaired) electrons. The summed E-state index contributed by atoms with van der Waals surface area (Å²) in [6.07, 6.45) is 2.28. The van der Waals surface area contributed by atoms with Crippen molar-refractivity contribution in [2.24, 2.45) is 11.7 Å². The fourth-order valence-corrected chi connectivity index (χ4v) is 3.05. The molecule has 0 atom stereocenters. The fraction of sp³-hybridized carbons (Fsp3) is 0.500. The summed E-state index contributed by atoms with van der Waals surface area (Å²) in [5.41, 5.74) is 5.39. The van der Waals surface area contributed by atoms with E-state index in [0.29, 0.717) is 31.2 Å². The predicted octanol–water partition coefficient (Wildman–Crippen LogP) is 0.941. The predicted molar refractivity (Wildman–Crippen MR) is 95.1 cm³/mol. The number of primary amides is 1. The molecule has 0 spiro atoms. The first-order valence-corrected chi connectivity index (χ1v) is 8.56. The molecular formula is C18H24N2O7. The van der Waals surface area contributed by atoms with E-state index in [1.807, 2.05) is 0 Å². The Bertz CT molecular complexity index is 687. The average Bonchev–Trinajstić information content (AvgIpc) is 2.65. The van der Waals surface area contributed by atoms with E-state index in [2.05, 4.69) is 5.32 Å². The highest BCUT2D eigenvalue weighted by atomic mass is 16.5. The maximum atomic E-state index is 12.6. The van der Waals surface area contributed by atoms with Crippen LogP contribution in [0.2, 0.25) is 0 Å². The maximum Gasteiger partial charge on any atom is 0.306 e. The number of aliphatic carboxylic acids is 1. The first kappa shape index (κ1) is 20.3. The minimum atomic E-state index is -0.791. The topological polar surface area (TPSA) is 137 Å². The van der Waals surface area contributed by atoms with E-state index < -0.39 is 11.9 Å². The third kappa shape index (κ3) is 5.25. The molecule has 9 nitrogen and oxygen atoms in total. The van der Waals surface area contributed by atoms with Gasteiger partial charge in [0.15, 0.2) is 18.1 Å². The lowest BCUT2D eigenvalue weighted by Crippen LogP contribution is -2.38. The molecule has 4 N–H and O–H groups in total. The number of ether oxygens (including phenoxy) is 3. The van der Waals surface area contributed by atoms with Crippen molar-refractivity contribution in [3.8, 4) is 17.2 Å².